The molecule has 0 saturated heterocycles. The van der Waals surface area contributed by atoms with Crippen molar-refractivity contribution in [3.63, 3.8) is 0 Å². The molecule has 1 aromatic rings. The normalized spacial score (nSPS) is 9.69. The van der Waals surface area contributed by atoms with Gasteiger partial charge in [0.15, 0.2) is 0 Å². The van der Waals surface area contributed by atoms with Crippen LogP contribution in [0.5, 0.6) is 5.75 Å². The van der Waals surface area contributed by atoms with Gasteiger partial charge in [-0.15, -0.1) is 0 Å². The lowest BCUT2D eigenvalue weighted by Crippen LogP contribution is -2.08. The van der Waals surface area contributed by atoms with E-state index in [-0.39, 0.29) is 0 Å². The number of rotatable bonds is 4. The van der Waals surface area contributed by atoms with Crippen LogP contribution in [-0.2, 0) is 0 Å². The van der Waals surface area contributed by atoms with Crippen LogP contribution in [0.2, 0.25) is 0 Å². The highest BCUT2D eigenvalue weighted by atomic mass is 16.5. The number of hydrogen-bond acceptors (Lipinski definition) is 2. The van der Waals surface area contributed by atoms with Gasteiger partial charge in [-0.2, -0.15) is 0 Å². The molecule has 13 heavy (non-hydrogen) atoms. The Labute approximate surface area is 79.2 Å². The molecule has 2 nitrogen and oxygen atoms in total. The van der Waals surface area contributed by atoms with Gasteiger partial charge in [0, 0.05) is 6.54 Å². The Morgan fingerprint density at radius 2 is 2.00 bits per heavy atom. The summed E-state index contributed by atoms with van der Waals surface area (Å²) in [6, 6.07) is 7.91. The second-order valence-corrected chi connectivity index (χ2v) is 2.86. The maximum absolute atomic E-state index is 5.06. The van der Waals surface area contributed by atoms with Crippen molar-refractivity contribution in [1.82, 2.24) is 5.32 Å². The molecule has 0 atom stereocenters. The highest BCUT2D eigenvalue weighted by molar-refractivity contribution is 5.65. The first-order valence-electron chi connectivity index (χ1n) is 4.24. The van der Waals surface area contributed by atoms with Crippen LogP contribution in [-0.4, -0.2) is 20.7 Å². The Morgan fingerprint density at radius 3 is 2.46 bits per heavy atom. The SMILES string of the molecule is C=C(CNC)c1ccc(OC)cc1. The molecular formula is C11H15NO. The van der Waals surface area contributed by atoms with Crippen LogP contribution in [0.4, 0.5) is 0 Å². The predicted octanol–water partition coefficient (Wildman–Crippen LogP) is 1.93. The Balaban J connectivity index is 2.74. The van der Waals surface area contributed by atoms with E-state index < -0.39 is 0 Å². The minimum absolute atomic E-state index is 0.812. The molecule has 0 aliphatic heterocycles. The van der Waals surface area contributed by atoms with Gasteiger partial charge in [0.1, 0.15) is 5.75 Å². The van der Waals surface area contributed by atoms with Crippen molar-refractivity contribution in [2.75, 3.05) is 20.7 Å². The maximum atomic E-state index is 5.06. The molecule has 0 fully saturated rings. The quantitative estimate of drug-likeness (QED) is 0.758. The summed E-state index contributed by atoms with van der Waals surface area (Å²) in [5, 5.41) is 3.06. The zero-order chi connectivity index (χ0) is 9.68. The molecule has 2 heteroatoms. The zero-order valence-electron chi connectivity index (χ0n) is 8.13. The molecule has 0 amide bonds. The second kappa shape index (κ2) is 4.67. The zero-order valence-corrected chi connectivity index (χ0v) is 8.13. The third-order valence-corrected chi connectivity index (χ3v) is 1.89. The second-order valence-electron chi connectivity index (χ2n) is 2.86. The highest BCUT2D eigenvalue weighted by Crippen LogP contribution is 2.16. The van der Waals surface area contributed by atoms with E-state index in [2.05, 4.69) is 11.9 Å². The molecule has 1 N–H and O–H groups in total. The van der Waals surface area contributed by atoms with Crippen molar-refractivity contribution in [2.24, 2.45) is 0 Å². The van der Waals surface area contributed by atoms with Crippen LogP contribution in [0.3, 0.4) is 0 Å². The van der Waals surface area contributed by atoms with Crippen LogP contribution in [0.15, 0.2) is 30.8 Å². The first-order valence-corrected chi connectivity index (χ1v) is 4.24. The Morgan fingerprint density at radius 1 is 1.38 bits per heavy atom. The van der Waals surface area contributed by atoms with E-state index >= 15 is 0 Å². The van der Waals surface area contributed by atoms with Crippen molar-refractivity contribution in [2.45, 2.75) is 0 Å². The van der Waals surface area contributed by atoms with E-state index in [0.29, 0.717) is 0 Å². The van der Waals surface area contributed by atoms with Crippen molar-refractivity contribution < 1.29 is 4.74 Å². The number of benzene rings is 1. The largest absolute Gasteiger partial charge is 0.497 e. The fourth-order valence-corrected chi connectivity index (χ4v) is 1.14. The lowest BCUT2D eigenvalue weighted by Gasteiger charge is -2.05. The summed E-state index contributed by atoms with van der Waals surface area (Å²) >= 11 is 0. The molecule has 0 aromatic heterocycles. The van der Waals surface area contributed by atoms with E-state index in [4.69, 9.17) is 4.74 Å². The van der Waals surface area contributed by atoms with E-state index in [1.54, 1.807) is 7.11 Å². The molecule has 0 saturated carbocycles. The van der Waals surface area contributed by atoms with E-state index in [1.165, 1.54) is 0 Å². The number of ether oxygens (including phenoxy) is 1. The first-order chi connectivity index (χ1) is 6.27. The lowest BCUT2D eigenvalue weighted by atomic mass is 10.1. The first kappa shape index (κ1) is 9.81. The molecule has 0 bridgehead atoms. The highest BCUT2D eigenvalue weighted by Gasteiger charge is 1.97. The summed E-state index contributed by atoms with van der Waals surface area (Å²) in [7, 11) is 3.58. The molecule has 1 rings (SSSR count). The maximum Gasteiger partial charge on any atom is 0.118 e. The monoisotopic (exact) mass is 177 g/mol. The molecule has 70 valence electrons. The van der Waals surface area contributed by atoms with Crippen molar-refractivity contribution in [3.8, 4) is 5.75 Å². The molecule has 0 radical (unpaired) electrons. The van der Waals surface area contributed by atoms with Crippen LogP contribution >= 0.6 is 0 Å². The van der Waals surface area contributed by atoms with Gasteiger partial charge in [-0.05, 0) is 30.3 Å². The summed E-state index contributed by atoms with van der Waals surface area (Å²) in [6.45, 7) is 4.78. The van der Waals surface area contributed by atoms with Gasteiger partial charge in [0.05, 0.1) is 7.11 Å². The summed E-state index contributed by atoms with van der Waals surface area (Å²) in [4.78, 5) is 0. The molecular weight excluding hydrogens is 162 g/mol. The molecule has 0 spiro atoms. The van der Waals surface area contributed by atoms with Gasteiger partial charge < -0.3 is 10.1 Å². The average Bonchev–Trinajstić information content (AvgIpc) is 2.18. The summed E-state index contributed by atoms with van der Waals surface area (Å²) in [5.74, 6) is 0.876. The third-order valence-electron chi connectivity index (χ3n) is 1.89. The van der Waals surface area contributed by atoms with E-state index in [1.807, 2.05) is 31.3 Å². The minimum atomic E-state index is 0.812. The van der Waals surface area contributed by atoms with Crippen LogP contribution in [0, 0.1) is 0 Å². The summed E-state index contributed by atoms with van der Waals surface area (Å²) in [5.41, 5.74) is 2.24. The molecule has 1 aromatic carbocycles. The molecule has 0 aliphatic carbocycles. The fraction of sp³-hybridized carbons (Fsp3) is 0.273. The van der Waals surface area contributed by atoms with Gasteiger partial charge in [-0.25, -0.2) is 0 Å². The predicted molar refractivity (Wildman–Crippen MR) is 56.0 cm³/mol. The number of nitrogens with one attached hydrogen (secondary N) is 1. The van der Waals surface area contributed by atoms with Gasteiger partial charge in [-0.3, -0.25) is 0 Å². The van der Waals surface area contributed by atoms with Crippen molar-refractivity contribution in [3.05, 3.63) is 36.4 Å². The van der Waals surface area contributed by atoms with Gasteiger partial charge >= 0.3 is 0 Å². The Kier molecular flexibility index (Phi) is 3.53. The average molecular weight is 177 g/mol. The summed E-state index contributed by atoms with van der Waals surface area (Å²) in [6.07, 6.45) is 0. The number of methoxy groups -OCH3 is 1. The number of hydrogen-bond donors (Lipinski definition) is 1. The fourth-order valence-electron chi connectivity index (χ4n) is 1.14. The minimum Gasteiger partial charge on any atom is -0.497 e. The topological polar surface area (TPSA) is 21.3 Å². The molecule has 0 aliphatic rings. The lowest BCUT2D eigenvalue weighted by molar-refractivity contribution is 0.415. The van der Waals surface area contributed by atoms with Gasteiger partial charge in [0.2, 0.25) is 0 Å². The summed E-state index contributed by atoms with van der Waals surface area (Å²) < 4.78 is 5.06. The van der Waals surface area contributed by atoms with Crippen molar-refractivity contribution in [1.29, 1.82) is 0 Å². The number of likely N-dealkylation sites (N-methyl/N-ethyl adjacent to an activating group) is 1. The van der Waals surface area contributed by atoms with Crippen LogP contribution in [0.1, 0.15) is 5.56 Å². The molecule has 0 heterocycles. The Hall–Kier alpha value is -1.28. The van der Waals surface area contributed by atoms with Crippen LogP contribution < -0.4 is 10.1 Å². The van der Waals surface area contributed by atoms with E-state index in [0.717, 1.165) is 23.4 Å². The van der Waals surface area contributed by atoms with E-state index in [9.17, 15) is 0 Å². The van der Waals surface area contributed by atoms with Gasteiger partial charge in [0.25, 0.3) is 0 Å². The standard InChI is InChI=1S/C11H15NO/c1-9(8-12-2)10-4-6-11(13-3)7-5-10/h4-7,12H,1,8H2,2-3H3. The van der Waals surface area contributed by atoms with Gasteiger partial charge in [-0.1, -0.05) is 18.7 Å². The van der Waals surface area contributed by atoms with Crippen LogP contribution in [0.25, 0.3) is 5.57 Å². The molecule has 0 unspecified atom stereocenters. The third kappa shape index (κ3) is 2.60. The Bertz CT molecular complexity index is 277. The smallest absolute Gasteiger partial charge is 0.118 e. The van der Waals surface area contributed by atoms with Crippen molar-refractivity contribution >= 4 is 5.57 Å².